The lowest BCUT2D eigenvalue weighted by atomic mass is 9.86. The number of nitrogens with one attached hydrogen (secondary N) is 2. The maximum absolute atomic E-state index is 12.5. The predicted molar refractivity (Wildman–Crippen MR) is 123 cm³/mol. The summed E-state index contributed by atoms with van der Waals surface area (Å²) in [6, 6.07) is 19.0. The van der Waals surface area contributed by atoms with Gasteiger partial charge in [0.2, 0.25) is 5.91 Å². The molecule has 1 spiro atoms. The van der Waals surface area contributed by atoms with Gasteiger partial charge in [-0.05, 0) is 37.1 Å². The van der Waals surface area contributed by atoms with Crippen molar-refractivity contribution in [2.75, 3.05) is 23.3 Å². The third-order valence-electron chi connectivity index (χ3n) is 5.16. The standard InChI is InChI=1S/C20H22N4O2.2C2H6/c25-18-15-20(11-13-23(14-12-20)17-9-5-2-6-10-17)22-24(18)19(26)21-16-7-3-1-4-8-16;2*1-2/h1-10,22H,11-15H2,(H,21,26);2*1-2H3. The minimum Gasteiger partial charge on any atom is -0.371 e. The van der Waals surface area contributed by atoms with Gasteiger partial charge < -0.3 is 10.2 Å². The Morgan fingerprint density at radius 3 is 2.00 bits per heavy atom. The molecule has 30 heavy (non-hydrogen) atoms. The first-order valence-electron chi connectivity index (χ1n) is 10.9. The van der Waals surface area contributed by atoms with Gasteiger partial charge in [-0.2, -0.15) is 5.01 Å². The molecule has 0 aromatic heterocycles. The maximum atomic E-state index is 12.5. The van der Waals surface area contributed by atoms with E-state index in [0.29, 0.717) is 12.1 Å². The summed E-state index contributed by atoms with van der Waals surface area (Å²) in [5, 5.41) is 3.91. The number of nitrogens with zero attached hydrogens (tertiary/aromatic N) is 2. The van der Waals surface area contributed by atoms with E-state index in [9.17, 15) is 9.59 Å². The summed E-state index contributed by atoms with van der Waals surface area (Å²) in [6.45, 7) is 9.72. The van der Waals surface area contributed by atoms with Gasteiger partial charge in [-0.1, -0.05) is 64.1 Å². The van der Waals surface area contributed by atoms with E-state index >= 15 is 0 Å². The van der Waals surface area contributed by atoms with Gasteiger partial charge in [-0.25, -0.2) is 10.2 Å². The van der Waals surface area contributed by atoms with Crippen LogP contribution in [0.15, 0.2) is 60.7 Å². The number of hydrogen-bond acceptors (Lipinski definition) is 4. The van der Waals surface area contributed by atoms with Gasteiger partial charge in [0.25, 0.3) is 0 Å². The van der Waals surface area contributed by atoms with Gasteiger partial charge in [0.1, 0.15) is 0 Å². The molecule has 0 bridgehead atoms. The molecule has 4 rings (SSSR count). The second-order valence-electron chi connectivity index (χ2n) is 6.92. The van der Waals surface area contributed by atoms with Crippen LogP contribution in [0.2, 0.25) is 0 Å². The van der Waals surface area contributed by atoms with E-state index in [2.05, 4.69) is 27.8 Å². The lowest BCUT2D eigenvalue weighted by molar-refractivity contribution is -0.126. The predicted octanol–water partition coefficient (Wildman–Crippen LogP) is 5.05. The van der Waals surface area contributed by atoms with Crippen LogP contribution >= 0.6 is 0 Å². The molecule has 2 heterocycles. The number of urea groups is 1. The Kier molecular flexibility index (Phi) is 8.87. The number of benzene rings is 2. The fraction of sp³-hybridized carbons (Fsp3) is 0.417. The third kappa shape index (κ3) is 5.60. The fourth-order valence-electron chi connectivity index (χ4n) is 3.69. The van der Waals surface area contributed by atoms with E-state index in [1.807, 2.05) is 64.1 Å². The van der Waals surface area contributed by atoms with Gasteiger partial charge in [-0.3, -0.25) is 4.79 Å². The van der Waals surface area contributed by atoms with Gasteiger partial charge in [0.05, 0.1) is 5.54 Å². The molecular weight excluding hydrogens is 376 g/mol. The van der Waals surface area contributed by atoms with Crippen molar-refractivity contribution in [2.45, 2.75) is 52.5 Å². The molecule has 3 amide bonds. The van der Waals surface area contributed by atoms with Gasteiger partial charge in [-0.15, -0.1) is 0 Å². The quantitative estimate of drug-likeness (QED) is 0.727. The Morgan fingerprint density at radius 2 is 1.43 bits per heavy atom. The Labute approximate surface area is 180 Å². The molecule has 0 radical (unpaired) electrons. The highest BCUT2D eigenvalue weighted by Gasteiger charge is 2.46. The van der Waals surface area contributed by atoms with Crippen LogP contribution in [0, 0.1) is 0 Å². The van der Waals surface area contributed by atoms with Crippen LogP contribution in [0.3, 0.4) is 0 Å². The molecule has 2 aliphatic rings. The normalized spacial score (nSPS) is 16.9. The number of hydrazine groups is 1. The molecule has 6 heteroatoms. The lowest BCUT2D eigenvalue weighted by Crippen LogP contribution is -2.55. The number of piperidine rings is 1. The lowest BCUT2D eigenvalue weighted by Gasteiger charge is -2.40. The molecule has 162 valence electrons. The highest BCUT2D eigenvalue weighted by Crippen LogP contribution is 2.33. The van der Waals surface area contributed by atoms with E-state index < -0.39 is 6.03 Å². The largest absolute Gasteiger partial charge is 0.371 e. The van der Waals surface area contributed by atoms with Gasteiger partial charge >= 0.3 is 6.03 Å². The van der Waals surface area contributed by atoms with Crippen LogP contribution in [0.4, 0.5) is 16.2 Å². The van der Waals surface area contributed by atoms with Crippen LogP contribution in [0.25, 0.3) is 0 Å². The molecular formula is C24H34N4O2. The van der Waals surface area contributed by atoms with Crippen LogP contribution in [-0.2, 0) is 4.79 Å². The van der Waals surface area contributed by atoms with Crippen molar-refractivity contribution >= 4 is 23.3 Å². The molecule has 2 aliphatic heterocycles. The van der Waals surface area contributed by atoms with Crippen LogP contribution in [-0.4, -0.2) is 35.6 Å². The maximum Gasteiger partial charge on any atom is 0.343 e. The fourth-order valence-corrected chi connectivity index (χ4v) is 3.69. The topological polar surface area (TPSA) is 64.7 Å². The second-order valence-corrected chi connectivity index (χ2v) is 6.92. The first-order chi connectivity index (χ1) is 14.7. The number of hydrogen-bond donors (Lipinski definition) is 2. The van der Waals surface area contributed by atoms with Crippen molar-refractivity contribution in [1.82, 2.24) is 10.4 Å². The summed E-state index contributed by atoms with van der Waals surface area (Å²) in [7, 11) is 0. The number of amides is 3. The molecule has 0 atom stereocenters. The highest BCUT2D eigenvalue weighted by molar-refractivity contribution is 6.02. The van der Waals surface area contributed by atoms with Crippen molar-refractivity contribution in [3.05, 3.63) is 60.7 Å². The van der Waals surface area contributed by atoms with Crippen molar-refractivity contribution in [3.8, 4) is 0 Å². The summed E-state index contributed by atoms with van der Waals surface area (Å²) in [4.78, 5) is 27.2. The summed E-state index contributed by atoms with van der Waals surface area (Å²) in [6.07, 6.45) is 2.00. The number of rotatable bonds is 2. The van der Waals surface area contributed by atoms with Gasteiger partial charge in [0.15, 0.2) is 0 Å². The molecule has 2 N–H and O–H groups in total. The Morgan fingerprint density at radius 1 is 0.900 bits per heavy atom. The van der Waals surface area contributed by atoms with Crippen molar-refractivity contribution in [2.24, 2.45) is 0 Å². The Balaban J connectivity index is 0.000000757. The van der Waals surface area contributed by atoms with Crippen LogP contribution in [0.1, 0.15) is 47.0 Å². The minimum atomic E-state index is -0.427. The molecule has 6 nitrogen and oxygen atoms in total. The Hall–Kier alpha value is -2.86. The smallest absolute Gasteiger partial charge is 0.343 e. The third-order valence-corrected chi connectivity index (χ3v) is 5.16. The molecule has 2 saturated heterocycles. The first-order valence-corrected chi connectivity index (χ1v) is 10.9. The zero-order valence-corrected chi connectivity index (χ0v) is 18.5. The number of anilines is 2. The summed E-state index contributed by atoms with van der Waals surface area (Å²) in [5.41, 5.74) is 4.74. The average molecular weight is 411 g/mol. The van der Waals surface area contributed by atoms with E-state index in [-0.39, 0.29) is 11.4 Å². The minimum absolute atomic E-state index is 0.174. The average Bonchev–Trinajstić information content (AvgIpc) is 3.14. The zero-order chi connectivity index (χ0) is 22.0. The SMILES string of the molecule is CC.CC.O=C1CC2(CCN(c3ccccc3)CC2)NN1C(=O)Nc1ccccc1. The van der Waals surface area contributed by atoms with Crippen LogP contribution < -0.4 is 15.6 Å². The van der Waals surface area contributed by atoms with Crippen molar-refractivity contribution in [3.63, 3.8) is 0 Å². The van der Waals surface area contributed by atoms with E-state index in [1.165, 1.54) is 5.69 Å². The van der Waals surface area contributed by atoms with E-state index in [1.54, 1.807) is 12.1 Å². The van der Waals surface area contributed by atoms with E-state index in [0.717, 1.165) is 30.9 Å². The zero-order valence-electron chi connectivity index (χ0n) is 18.5. The molecule has 2 fully saturated rings. The monoisotopic (exact) mass is 410 g/mol. The molecule has 2 aromatic carbocycles. The number of imide groups is 1. The molecule has 0 aliphatic carbocycles. The highest BCUT2D eigenvalue weighted by atomic mass is 16.2. The van der Waals surface area contributed by atoms with E-state index in [4.69, 9.17) is 0 Å². The molecule has 0 saturated carbocycles. The molecule has 2 aromatic rings. The summed E-state index contributed by atoms with van der Waals surface area (Å²) in [5.74, 6) is -0.174. The van der Waals surface area contributed by atoms with Crippen molar-refractivity contribution < 1.29 is 9.59 Å². The van der Waals surface area contributed by atoms with Crippen LogP contribution in [0.5, 0.6) is 0 Å². The second kappa shape index (κ2) is 11.4. The molecule has 0 unspecified atom stereocenters. The first kappa shape index (κ1) is 23.4. The Bertz CT molecular complexity index is 787. The number of carbonyl (C=O) groups excluding carboxylic acids is 2. The van der Waals surface area contributed by atoms with Crippen molar-refractivity contribution in [1.29, 1.82) is 0 Å². The summed E-state index contributed by atoms with van der Waals surface area (Å²) >= 11 is 0. The van der Waals surface area contributed by atoms with Gasteiger partial charge in [0, 0.05) is 30.9 Å². The summed E-state index contributed by atoms with van der Waals surface area (Å²) < 4.78 is 0. The number of para-hydroxylation sites is 2. The number of carbonyl (C=O) groups is 2.